The minimum Gasteiger partial charge on any atom is -0.206 e. The molecule has 27 heavy (non-hydrogen) atoms. The van der Waals surface area contributed by atoms with E-state index < -0.39 is 0 Å². The molecule has 0 bridgehead atoms. The van der Waals surface area contributed by atoms with Crippen LogP contribution in [0.15, 0.2) is 18.2 Å². The number of hydrogen-bond acceptors (Lipinski definition) is 1. The van der Waals surface area contributed by atoms with Gasteiger partial charge in [0, 0.05) is 0 Å². The van der Waals surface area contributed by atoms with Crippen LogP contribution < -0.4 is 0 Å². The van der Waals surface area contributed by atoms with E-state index in [4.69, 9.17) is 5.26 Å². The Morgan fingerprint density at radius 3 is 1.96 bits per heavy atom. The molecule has 0 amide bonds. The first-order valence-corrected chi connectivity index (χ1v) is 11.4. The van der Waals surface area contributed by atoms with Crippen molar-refractivity contribution >= 4 is 0 Å². The van der Waals surface area contributed by atoms with Crippen LogP contribution in [0, 0.1) is 34.9 Å². The highest BCUT2D eigenvalue weighted by Crippen LogP contribution is 2.39. The summed E-state index contributed by atoms with van der Waals surface area (Å²) >= 11 is 0. The summed E-state index contributed by atoms with van der Waals surface area (Å²) in [6, 6.07) is 7.12. The van der Waals surface area contributed by atoms with Crippen LogP contribution in [0.1, 0.15) is 107 Å². The van der Waals surface area contributed by atoms with Gasteiger partial charge in [-0.1, -0.05) is 70.8 Å². The van der Waals surface area contributed by atoms with E-state index in [1.807, 2.05) is 12.1 Å². The van der Waals surface area contributed by atoms with Crippen molar-refractivity contribution in [3.8, 4) is 6.07 Å². The summed E-state index contributed by atoms with van der Waals surface area (Å²) in [7, 11) is 0. The Morgan fingerprint density at radius 1 is 0.889 bits per heavy atom. The van der Waals surface area contributed by atoms with E-state index in [0.717, 1.165) is 23.3 Å². The lowest BCUT2D eigenvalue weighted by Gasteiger charge is -2.31. The molecule has 0 unspecified atom stereocenters. The van der Waals surface area contributed by atoms with Gasteiger partial charge < -0.3 is 0 Å². The molecule has 0 saturated heterocycles. The van der Waals surface area contributed by atoms with Crippen LogP contribution in [0.4, 0.5) is 4.39 Å². The van der Waals surface area contributed by atoms with Gasteiger partial charge in [-0.25, -0.2) is 4.39 Å². The van der Waals surface area contributed by atoms with Crippen molar-refractivity contribution in [3.05, 3.63) is 35.1 Å². The van der Waals surface area contributed by atoms with Crippen molar-refractivity contribution in [1.29, 1.82) is 5.26 Å². The zero-order valence-corrected chi connectivity index (χ0v) is 17.1. The Balaban J connectivity index is 1.34. The van der Waals surface area contributed by atoms with Crippen LogP contribution >= 0.6 is 0 Å². The predicted molar refractivity (Wildman–Crippen MR) is 110 cm³/mol. The first-order valence-electron chi connectivity index (χ1n) is 11.4. The molecule has 0 spiro atoms. The molecule has 1 nitrogen and oxygen atoms in total. The molecule has 2 aliphatic carbocycles. The number of benzene rings is 1. The molecule has 0 aromatic heterocycles. The average Bonchev–Trinajstić information content (AvgIpc) is 2.70. The summed E-state index contributed by atoms with van der Waals surface area (Å²) in [6.07, 6.45) is 17.9. The number of hydrogen-bond donors (Lipinski definition) is 0. The van der Waals surface area contributed by atoms with Crippen molar-refractivity contribution in [1.82, 2.24) is 0 Å². The molecular formula is C25H36FN. The van der Waals surface area contributed by atoms with Crippen molar-refractivity contribution < 1.29 is 4.39 Å². The summed E-state index contributed by atoms with van der Waals surface area (Å²) in [5, 5.41) is 8.88. The lowest BCUT2D eigenvalue weighted by Crippen LogP contribution is -2.16. The van der Waals surface area contributed by atoms with Gasteiger partial charge in [-0.2, -0.15) is 5.26 Å². The number of nitriles is 1. The molecule has 0 atom stereocenters. The van der Waals surface area contributed by atoms with E-state index in [1.54, 1.807) is 12.1 Å². The molecule has 0 aliphatic heterocycles. The standard InChI is InChI=1S/C25H36FN/c1-2-4-19-7-9-20(10-8-19)5-3-6-21-11-13-22(14-12-21)23-15-16-24(18-27)25(26)17-23/h15-17,19-22H,2-14H2,1H3. The van der Waals surface area contributed by atoms with Gasteiger partial charge in [0.25, 0.3) is 0 Å². The molecule has 0 radical (unpaired) electrons. The molecule has 1 aromatic carbocycles. The van der Waals surface area contributed by atoms with E-state index in [0.29, 0.717) is 5.92 Å². The maximum absolute atomic E-state index is 13.9. The molecule has 2 heteroatoms. The van der Waals surface area contributed by atoms with Crippen LogP contribution in [0.5, 0.6) is 0 Å². The second kappa shape index (κ2) is 10.3. The highest BCUT2D eigenvalue weighted by Gasteiger charge is 2.24. The second-order valence-electron chi connectivity index (χ2n) is 9.18. The maximum atomic E-state index is 13.9. The maximum Gasteiger partial charge on any atom is 0.141 e. The van der Waals surface area contributed by atoms with Gasteiger partial charge in [0.1, 0.15) is 11.9 Å². The van der Waals surface area contributed by atoms with Crippen molar-refractivity contribution in [2.75, 3.05) is 0 Å². The fraction of sp³-hybridized carbons (Fsp3) is 0.720. The molecular weight excluding hydrogens is 333 g/mol. The second-order valence-corrected chi connectivity index (χ2v) is 9.18. The Morgan fingerprint density at radius 2 is 1.44 bits per heavy atom. The van der Waals surface area contributed by atoms with Gasteiger partial charge in [-0.15, -0.1) is 0 Å². The first-order chi connectivity index (χ1) is 13.2. The first kappa shape index (κ1) is 20.4. The number of nitrogens with zero attached hydrogens (tertiary/aromatic N) is 1. The van der Waals surface area contributed by atoms with Gasteiger partial charge >= 0.3 is 0 Å². The minimum atomic E-state index is -0.356. The molecule has 2 aliphatic rings. The van der Waals surface area contributed by atoms with Crippen LogP contribution in [0.25, 0.3) is 0 Å². The molecule has 2 saturated carbocycles. The lowest BCUT2D eigenvalue weighted by atomic mass is 9.75. The third-order valence-electron chi connectivity index (χ3n) is 7.32. The van der Waals surface area contributed by atoms with Gasteiger partial charge in [0.05, 0.1) is 5.56 Å². The minimum absolute atomic E-state index is 0.163. The molecule has 0 heterocycles. The van der Waals surface area contributed by atoms with E-state index in [-0.39, 0.29) is 11.4 Å². The van der Waals surface area contributed by atoms with Gasteiger partial charge in [0.2, 0.25) is 0 Å². The summed E-state index contributed by atoms with van der Waals surface area (Å²) in [5.41, 5.74) is 1.25. The summed E-state index contributed by atoms with van der Waals surface area (Å²) in [4.78, 5) is 0. The van der Waals surface area contributed by atoms with Crippen LogP contribution in [-0.4, -0.2) is 0 Å². The monoisotopic (exact) mass is 369 g/mol. The normalized spacial score (nSPS) is 28.6. The summed E-state index contributed by atoms with van der Waals surface area (Å²) in [6.45, 7) is 2.32. The highest BCUT2D eigenvalue weighted by atomic mass is 19.1. The molecule has 1 aromatic rings. The van der Waals surface area contributed by atoms with Gasteiger partial charge in [-0.3, -0.25) is 0 Å². The smallest absolute Gasteiger partial charge is 0.141 e. The summed E-state index contributed by atoms with van der Waals surface area (Å²) in [5.74, 6) is 3.02. The van der Waals surface area contributed by atoms with E-state index in [1.165, 1.54) is 83.5 Å². The Kier molecular flexibility index (Phi) is 7.74. The van der Waals surface area contributed by atoms with Crippen LogP contribution in [0.2, 0.25) is 0 Å². The van der Waals surface area contributed by atoms with Crippen LogP contribution in [-0.2, 0) is 0 Å². The summed E-state index contributed by atoms with van der Waals surface area (Å²) < 4.78 is 13.9. The fourth-order valence-corrected chi connectivity index (χ4v) is 5.57. The molecule has 0 N–H and O–H groups in total. The average molecular weight is 370 g/mol. The number of rotatable bonds is 7. The third kappa shape index (κ3) is 5.81. The fourth-order valence-electron chi connectivity index (χ4n) is 5.57. The third-order valence-corrected chi connectivity index (χ3v) is 7.32. The zero-order chi connectivity index (χ0) is 19.1. The SMILES string of the molecule is CCCC1CCC(CCCC2CCC(c3ccc(C#N)c(F)c3)CC2)CC1. The highest BCUT2D eigenvalue weighted by molar-refractivity contribution is 5.34. The quantitative estimate of drug-likeness (QED) is 0.482. The van der Waals surface area contributed by atoms with Crippen molar-refractivity contribution in [2.45, 2.75) is 96.3 Å². The Hall–Kier alpha value is -1.36. The zero-order valence-electron chi connectivity index (χ0n) is 17.1. The van der Waals surface area contributed by atoms with Gasteiger partial charge in [-0.05, 0) is 67.1 Å². The van der Waals surface area contributed by atoms with E-state index in [9.17, 15) is 4.39 Å². The predicted octanol–water partition coefficient (Wildman–Crippen LogP) is 7.75. The largest absolute Gasteiger partial charge is 0.206 e. The number of halogens is 1. The topological polar surface area (TPSA) is 23.8 Å². The lowest BCUT2D eigenvalue weighted by molar-refractivity contribution is 0.236. The molecule has 148 valence electrons. The van der Waals surface area contributed by atoms with Crippen molar-refractivity contribution in [3.63, 3.8) is 0 Å². The molecule has 2 fully saturated rings. The Labute approximate surface area is 165 Å². The Bertz CT molecular complexity index is 616. The van der Waals surface area contributed by atoms with Crippen LogP contribution in [0.3, 0.4) is 0 Å². The van der Waals surface area contributed by atoms with E-state index >= 15 is 0 Å². The van der Waals surface area contributed by atoms with Crippen molar-refractivity contribution in [2.24, 2.45) is 17.8 Å². The molecule has 3 rings (SSSR count). The van der Waals surface area contributed by atoms with E-state index in [2.05, 4.69) is 6.92 Å². The van der Waals surface area contributed by atoms with Gasteiger partial charge in [0.15, 0.2) is 0 Å².